The number of amides is 2. The number of rotatable bonds is 2. The van der Waals surface area contributed by atoms with E-state index in [4.69, 9.17) is 9.47 Å². The lowest BCUT2D eigenvalue weighted by molar-refractivity contribution is -0.154. The van der Waals surface area contributed by atoms with Crippen LogP contribution in [0.25, 0.3) is 0 Å². The minimum atomic E-state index is -4.58. The van der Waals surface area contributed by atoms with Crippen molar-refractivity contribution in [3.05, 3.63) is 59.7 Å². The highest BCUT2D eigenvalue weighted by molar-refractivity contribution is 5.94. The molecule has 3 aromatic rings. The van der Waals surface area contributed by atoms with Crippen LogP contribution in [0.15, 0.2) is 48.5 Å². The van der Waals surface area contributed by atoms with Crippen LogP contribution in [0.4, 0.5) is 30.8 Å². The maximum atomic E-state index is 13.0. The summed E-state index contributed by atoms with van der Waals surface area (Å²) in [4.78, 5) is 39.7. The monoisotopic (exact) mass is 615 g/mol. The molecule has 2 aromatic carbocycles. The summed E-state index contributed by atoms with van der Waals surface area (Å²) < 4.78 is 49.0. The molecule has 0 aliphatic carbocycles. The van der Waals surface area contributed by atoms with Gasteiger partial charge in [-0.3, -0.25) is 9.59 Å². The molecule has 11 nitrogen and oxygen atoms in total. The molecule has 14 heteroatoms. The maximum absolute atomic E-state index is 13.0. The third-order valence-electron chi connectivity index (χ3n) is 6.46. The van der Waals surface area contributed by atoms with E-state index in [-0.39, 0.29) is 30.3 Å². The van der Waals surface area contributed by atoms with Crippen LogP contribution < -0.4 is 25.4 Å². The van der Waals surface area contributed by atoms with Crippen LogP contribution in [0, 0.1) is 5.41 Å². The quantitative estimate of drug-likeness (QED) is 0.367. The summed E-state index contributed by atoms with van der Waals surface area (Å²) in [7, 11) is 0. The molecule has 3 N–H and O–H groups in total. The summed E-state index contributed by atoms with van der Waals surface area (Å²) in [5, 5.41) is 8.78. The van der Waals surface area contributed by atoms with Crippen LogP contribution in [0.3, 0.4) is 0 Å². The number of nitrogens with one attached hydrogen (secondary N) is 3. The van der Waals surface area contributed by atoms with Gasteiger partial charge < -0.3 is 30.3 Å². The van der Waals surface area contributed by atoms with Crippen molar-refractivity contribution in [2.45, 2.75) is 46.3 Å². The van der Waals surface area contributed by atoms with E-state index in [1.165, 1.54) is 0 Å². The summed E-state index contributed by atoms with van der Waals surface area (Å²) in [6.07, 6.45) is -3.20. The van der Waals surface area contributed by atoms with Gasteiger partial charge in [-0.2, -0.15) is 28.1 Å². The number of alkyl halides is 3. The average molecular weight is 616 g/mol. The number of halogens is 3. The van der Waals surface area contributed by atoms with E-state index in [0.29, 0.717) is 56.1 Å². The van der Waals surface area contributed by atoms with Gasteiger partial charge in [0.25, 0.3) is 5.91 Å². The highest BCUT2D eigenvalue weighted by Crippen LogP contribution is 2.22. The van der Waals surface area contributed by atoms with Crippen molar-refractivity contribution in [1.82, 2.24) is 25.2 Å². The van der Waals surface area contributed by atoms with Crippen LogP contribution >= 0.6 is 0 Å². The molecule has 0 fully saturated rings. The predicted molar refractivity (Wildman–Crippen MR) is 158 cm³/mol. The van der Waals surface area contributed by atoms with E-state index in [9.17, 15) is 22.8 Å². The normalized spacial score (nSPS) is 15.3. The van der Waals surface area contributed by atoms with Crippen LogP contribution in [0.5, 0.6) is 11.8 Å². The average Bonchev–Trinajstić information content (AvgIpc) is 2.97. The molecular weight excluding hydrogens is 579 g/mol. The number of ether oxygens (including phenoxy) is 2. The third-order valence-corrected chi connectivity index (χ3v) is 6.46. The topological polar surface area (TPSA) is 131 Å². The van der Waals surface area contributed by atoms with Crippen molar-refractivity contribution in [1.29, 1.82) is 0 Å². The molecule has 5 heterocycles. The van der Waals surface area contributed by atoms with Gasteiger partial charge in [0.1, 0.15) is 12.4 Å². The Labute approximate surface area is 253 Å². The van der Waals surface area contributed by atoms with Gasteiger partial charge in [-0.05, 0) is 54.8 Å². The Bertz CT molecular complexity index is 1410. The lowest BCUT2D eigenvalue weighted by Crippen LogP contribution is -2.42. The number of nitrogens with zero attached hydrogens (tertiary/aromatic N) is 4. The van der Waals surface area contributed by atoms with Gasteiger partial charge in [0, 0.05) is 36.3 Å². The number of carbonyl (C=O) groups excluding carboxylic acids is 2. The van der Waals surface area contributed by atoms with Crippen molar-refractivity contribution < 1.29 is 32.2 Å². The Morgan fingerprint density at radius 3 is 2.32 bits per heavy atom. The first kappa shape index (κ1) is 32.3. The van der Waals surface area contributed by atoms with E-state index in [0.717, 1.165) is 5.56 Å². The Hall–Kier alpha value is -4.62. The summed E-state index contributed by atoms with van der Waals surface area (Å²) in [5.74, 6) is 0.328. The molecule has 0 spiro atoms. The van der Waals surface area contributed by atoms with E-state index >= 15 is 0 Å². The molecule has 0 atom stereocenters. The fourth-order valence-corrected chi connectivity index (χ4v) is 4.22. The first-order chi connectivity index (χ1) is 20.9. The van der Waals surface area contributed by atoms with Crippen LogP contribution in [-0.4, -0.2) is 70.7 Å². The molecule has 2 amide bonds. The lowest BCUT2D eigenvalue weighted by atomic mass is 9.94. The second kappa shape index (κ2) is 14.2. The Kier molecular flexibility index (Phi) is 10.4. The Morgan fingerprint density at radius 1 is 0.932 bits per heavy atom. The second-order valence-corrected chi connectivity index (χ2v) is 11.2. The van der Waals surface area contributed by atoms with Crippen molar-refractivity contribution >= 4 is 29.4 Å². The molecule has 4 aliphatic heterocycles. The summed E-state index contributed by atoms with van der Waals surface area (Å²) in [5.41, 5.74) is 1.20. The molecule has 6 bridgehead atoms. The second-order valence-electron chi connectivity index (χ2n) is 11.2. The number of anilines is 3. The molecule has 1 aromatic heterocycles. The largest absolute Gasteiger partial charge is 0.492 e. The van der Waals surface area contributed by atoms with E-state index in [1.807, 2.05) is 32.9 Å². The zero-order valence-electron chi connectivity index (χ0n) is 24.8. The molecule has 0 saturated carbocycles. The third kappa shape index (κ3) is 9.99. The van der Waals surface area contributed by atoms with Gasteiger partial charge in [0.2, 0.25) is 17.8 Å². The fourth-order valence-electron chi connectivity index (χ4n) is 4.22. The van der Waals surface area contributed by atoms with E-state index in [1.54, 1.807) is 41.3 Å². The van der Waals surface area contributed by atoms with Crippen LogP contribution in [0.2, 0.25) is 0 Å². The highest BCUT2D eigenvalue weighted by atomic mass is 19.4. The SMILES string of the molecule is CC(C)(C)C(=O)N1CCCCNC(=O)c2ccc(cc2)Nc2nc(nc(OCC(F)(F)F)n2)NCc2ccc(cc2)OCC1. The standard InChI is InChI=1S/C30H36F3N7O4/c1-29(2,3)25(42)40-15-5-4-14-34-24(41)21-8-10-22(11-9-21)36-27-37-26(38-28(39-27)44-19-30(31,32)33)35-18-20-6-12-23(13-7-20)43-17-16-40/h6-13H,4-5,14-19H2,1-3H3,(H,34,41)(H2,35,36,37,38,39). The van der Waals surface area contributed by atoms with Crippen molar-refractivity contribution in [2.24, 2.45) is 5.41 Å². The molecular formula is C30H36F3N7O4. The van der Waals surface area contributed by atoms with Crippen molar-refractivity contribution in [3.8, 4) is 11.8 Å². The smallest absolute Gasteiger partial charge is 0.422 e. The molecule has 7 rings (SSSR count). The Morgan fingerprint density at radius 2 is 1.64 bits per heavy atom. The van der Waals surface area contributed by atoms with Gasteiger partial charge in [-0.15, -0.1) is 0 Å². The van der Waals surface area contributed by atoms with Crippen LogP contribution in [0.1, 0.15) is 49.5 Å². The van der Waals surface area contributed by atoms with Crippen LogP contribution in [-0.2, 0) is 11.3 Å². The van der Waals surface area contributed by atoms with E-state index in [2.05, 4.69) is 30.9 Å². The summed E-state index contributed by atoms with van der Waals surface area (Å²) in [6, 6.07) is 13.2. The lowest BCUT2D eigenvalue weighted by Gasteiger charge is -2.29. The summed E-state index contributed by atoms with van der Waals surface area (Å²) >= 11 is 0. The molecule has 0 radical (unpaired) electrons. The van der Waals surface area contributed by atoms with Gasteiger partial charge in [0.05, 0.1) is 6.54 Å². The van der Waals surface area contributed by atoms with E-state index < -0.39 is 24.2 Å². The minimum Gasteiger partial charge on any atom is -0.492 e. The number of carbonyl (C=O) groups is 2. The number of benzene rings is 2. The summed E-state index contributed by atoms with van der Waals surface area (Å²) in [6.45, 7) is 6.00. The Balaban J connectivity index is 1.55. The number of hydrogen-bond acceptors (Lipinski definition) is 9. The van der Waals surface area contributed by atoms with Crippen molar-refractivity contribution in [3.63, 3.8) is 0 Å². The fraction of sp³-hybridized carbons (Fsp3) is 0.433. The molecule has 4 aliphatic rings. The number of hydrogen-bond donors (Lipinski definition) is 3. The predicted octanol–water partition coefficient (Wildman–Crippen LogP) is 4.95. The zero-order valence-corrected chi connectivity index (χ0v) is 24.8. The first-order valence-electron chi connectivity index (χ1n) is 14.2. The molecule has 0 saturated heterocycles. The molecule has 44 heavy (non-hydrogen) atoms. The van der Waals surface area contributed by atoms with Crippen molar-refractivity contribution in [2.75, 3.05) is 43.5 Å². The van der Waals surface area contributed by atoms with Gasteiger partial charge >= 0.3 is 12.2 Å². The number of aromatic nitrogens is 3. The maximum Gasteiger partial charge on any atom is 0.422 e. The van der Waals surface area contributed by atoms with Gasteiger partial charge in [0.15, 0.2) is 6.61 Å². The minimum absolute atomic E-state index is 0.00550. The first-order valence-corrected chi connectivity index (χ1v) is 14.2. The highest BCUT2D eigenvalue weighted by Gasteiger charge is 2.29. The van der Waals surface area contributed by atoms with Gasteiger partial charge in [-0.25, -0.2) is 0 Å². The zero-order chi connectivity index (χ0) is 31.7. The van der Waals surface area contributed by atoms with Gasteiger partial charge in [-0.1, -0.05) is 32.9 Å². The molecule has 236 valence electrons. The molecule has 0 unspecified atom stereocenters.